The van der Waals surface area contributed by atoms with Crippen molar-refractivity contribution in [2.45, 2.75) is 57.8 Å². The van der Waals surface area contributed by atoms with Crippen LogP contribution in [0.2, 0.25) is 0 Å². The zero-order valence-electron chi connectivity index (χ0n) is 17.2. The molecule has 28 heavy (non-hydrogen) atoms. The van der Waals surface area contributed by atoms with Gasteiger partial charge in [-0.3, -0.25) is 0 Å². The van der Waals surface area contributed by atoms with Crippen molar-refractivity contribution in [3.8, 4) is 12.1 Å². The normalized spacial score (nSPS) is 16.0. The molecule has 0 spiro atoms. The molecule has 0 saturated carbocycles. The van der Waals surface area contributed by atoms with Gasteiger partial charge in [0.25, 0.3) is 0 Å². The van der Waals surface area contributed by atoms with Gasteiger partial charge in [-0.1, -0.05) is 52.0 Å². The van der Waals surface area contributed by atoms with E-state index < -0.39 is 0 Å². The highest BCUT2D eigenvalue weighted by Gasteiger charge is 2.37. The summed E-state index contributed by atoms with van der Waals surface area (Å²) < 4.78 is 5.67. The third-order valence-electron chi connectivity index (χ3n) is 6.03. The average molecular weight is 373 g/mol. The smallest absolute Gasteiger partial charge is 0.0995 e. The predicted octanol–water partition coefficient (Wildman–Crippen LogP) is 5.77. The van der Waals surface area contributed by atoms with Gasteiger partial charge in [0.15, 0.2) is 0 Å². The van der Waals surface area contributed by atoms with Crippen molar-refractivity contribution in [2.24, 2.45) is 0 Å². The van der Waals surface area contributed by atoms with E-state index in [-0.39, 0.29) is 11.3 Å². The lowest BCUT2D eigenvalue weighted by molar-refractivity contribution is 0.0631. The molecule has 2 aromatic rings. The second-order valence-electron chi connectivity index (χ2n) is 8.33. The van der Waals surface area contributed by atoms with Gasteiger partial charge in [-0.25, -0.2) is 0 Å². The molecule has 3 rings (SSSR count). The molecule has 2 aromatic carbocycles. The van der Waals surface area contributed by atoms with Crippen molar-refractivity contribution in [1.82, 2.24) is 0 Å². The number of rotatable bonds is 4. The highest BCUT2D eigenvalue weighted by Crippen LogP contribution is 2.43. The van der Waals surface area contributed by atoms with Crippen molar-refractivity contribution in [1.29, 1.82) is 10.5 Å². The molecular formula is C25H28N2O. The molecule has 1 saturated heterocycles. The Kier molecular flexibility index (Phi) is 5.87. The molecule has 0 aliphatic carbocycles. The first-order valence-electron chi connectivity index (χ1n) is 10.1. The van der Waals surface area contributed by atoms with E-state index in [1.807, 2.05) is 26.0 Å². The highest BCUT2D eigenvalue weighted by molar-refractivity contribution is 5.56. The molecule has 3 heteroatoms. The Balaban J connectivity index is 2.20. The minimum atomic E-state index is -0.222. The van der Waals surface area contributed by atoms with Crippen LogP contribution in [0.15, 0.2) is 36.4 Å². The van der Waals surface area contributed by atoms with E-state index in [0.29, 0.717) is 30.3 Å². The molecule has 0 bridgehead atoms. The van der Waals surface area contributed by atoms with E-state index in [0.717, 1.165) is 24.0 Å². The third-order valence-corrected chi connectivity index (χ3v) is 6.03. The summed E-state index contributed by atoms with van der Waals surface area (Å²) >= 11 is 0. The lowest BCUT2D eigenvalue weighted by Crippen LogP contribution is -2.35. The topological polar surface area (TPSA) is 56.8 Å². The van der Waals surface area contributed by atoms with E-state index in [1.165, 1.54) is 11.1 Å². The molecule has 0 atom stereocenters. The zero-order valence-corrected chi connectivity index (χ0v) is 17.2. The summed E-state index contributed by atoms with van der Waals surface area (Å²) in [5.41, 5.74) is 5.49. The molecule has 144 valence electrons. The molecule has 1 heterocycles. The van der Waals surface area contributed by atoms with E-state index in [9.17, 15) is 10.5 Å². The summed E-state index contributed by atoms with van der Waals surface area (Å²) in [6.07, 6.45) is 1.70. The van der Waals surface area contributed by atoms with E-state index in [2.05, 4.69) is 50.3 Å². The fourth-order valence-corrected chi connectivity index (χ4v) is 4.39. The van der Waals surface area contributed by atoms with Gasteiger partial charge >= 0.3 is 0 Å². The minimum Gasteiger partial charge on any atom is -0.381 e. The Labute approximate surface area is 168 Å². The van der Waals surface area contributed by atoms with Crippen LogP contribution >= 0.6 is 0 Å². The summed E-state index contributed by atoms with van der Waals surface area (Å²) in [5.74, 6) is 0.620. The van der Waals surface area contributed by atoms with Crippen molar-refractivity contribution < 1.29 is 4.74 Å². The van der Waals surface area contributed by atoms with E-state index in [4.69, 9.17) is 4.74 Å². The fraction of sp³-hybridized carbons (Fsp3) is 0.440. The number of hydrogen-bond acceptors (Lipinski definition) is 3. The van der Waals surface area contributed by atoms with Gasteiger partial charge in [-0.15, -0.1) is 0 Å². The Morgan fingerprint density at radius 1 is 0.821 bits per heavy atom. The van der Waals surface area contributed by atoms with Gasteiger partial charge in [0, 0.05) is 18.6 Å². The second-order valence-corrected chi connectivity index (χ2v) is 8.33. The molecule has 0 amide bonds. The molecule has 1 fully saturated rings. The van der Waals surface area contributed by atoms with Gasteiger partial charge in [0.2, 0.25) is 0 Å². The van der Waals surface area contributed by atoms with Crippen molar-refractivity contribution >= 4 is 0 Å². The van der Waals surface area contributed by atoms with Crippen LogP contribution in [0.3, 0.4) is 0 Å². The first-order chi connectivity index (χ1) is 13.4. The summed E-state index contributed by atoms with van der Waals surface area (Å²) in [6.45, 7) is 9.82. The van der Waals surface area contributed by atoms with Crippen molar-refractivity contribution in [3.63, 3.8) is 0 Å². The van der Waals surface area contributed by atoms with Gasteiger partial charge in [0.1, 0.15) is 0 Å². The quantitative estimate of drug-likeness (QED) is 0.684. The molecule has 1 aliphatic rings. The molecular weight excluding hydrogens is 344 g/mol. The lowest BCUT2D eigenvalue weighted by Gasteiger charge is -2.39. The van der Waals surface area contributed by atoms with E-state index >= 15 is 0 Å². The van der Waals surface area contributed by atoms with Crippen LogP contribution in [0.25, 0.3) is 0 Å². The number of benzene rings is 2. The maximum absolute atomic E-state index is 9.78. The standard InChI is InChI=1S/C25H28N2O/c1-17(2)19-5-7-22(8-6-19)25(9-11-28-12-10-25)23-13-20(15-26)24(18(3)4)21(14-23)16-27/h5-8,13-14,17-18H,9-12H2,1-4H3. The number of nitriles is 2. The van der Waals surface area contributed by atoms with Crippen LogP contribution in [0.1, 0.15) is 85.8 Å². The summed E-state index contributed by atoms with van der Waals surface area (Å²) in [5, 5.41) is 19.6. The van der Waals surface area contributed by atoms with Crippen LogP contribution < -0.4 is 0 Å². The largest absolute Gasteiger partial charge is 0.381 e. The highest BCUT2D eigenvalue weighted by atomic mass is 16.5. The average Bonchev–Trinajstić information content (AvgIpc) is 2.73. The van der Waals surface area contributed by atoms with Crippen LogP contribution in [-0.4, -0.2) is 13.2 Å². The van der Waals surface area contributed by atoms with Crippen LogP contribution in [0.5, 0.6) is 0 Å². The number of hydrogen-bond donors (Lipinski definition) is 0. The van der Waals surface area contributed by atoms with E-state index in [1.54, 1.807) is 0 Å². The van der Waals surface area contributed by atoms with Crippen LogP contribution in [0, 0.1) is 22.7 Å². The maximum atomic E-state index is 9.78. The molecule has 0 unspecified atom stereocenters. The summed E-state index contributed by atoms with van der Waals surface area (Å²) in [6, 6.07) is 17.6. The van der Waals surface area contributed by atoms with Gasteiger partial charge in [-0.2, -0.15) is 10.5 Å². The molecule has 0 aromatic heterocycles. The zero-order chi connectivity index (χ0) is 20.3. The first kappa shape index (κ1) is 20.1. The fourth-order valence-electron chi connectivity index (χ4n) is 4.39. The Morgan fingerprint density at radius 3 is 1.79 bits per heavy atom. The monoisotopic (exact) mass is 372 g/mol. The predicted molar refractivity (Wildman–Crippen MR) is 111 cm³/mol. The summed E-state index contributed by atoms with van der Waals surface area (Å²) in [7, 11) is 0. The second kappa shape index (κ2) is 8.17. The molecule has 0 radical (unpaired) electrons. The Morgan fingerprint density at radius 2 is 1.36 bits per heavy atom. The molecule has 0 N–H and O–H groups in total. The Hall–Kier alpha value is -2.62. The van der Waals surface area contributed by atoms with Crippen LogP contribution in [0.4, 0.5) is 0 Å². The van der Waals surface area contributed by atoms with Crippen LogP contribution in [-0.2, 0) is 10.2 Å². The Bertz CT molecular complexity index is 885. The third kappa shape index (κ3) is 3.56. The lowest BCUT2D eigenvalue weighted by atomic mass is 9.68. The SMILES string of the molecule is CC(C)c1ccc(C2(c3cc(C#N)c(C(C)C)c(C#N)c3)CCOCC2)cc1. The first-order valence-corrected chi connectivity index (χ1v) is 10.1. The van der Waals surface area contributed by atoms with Gasteiger partial charge < -0.3 is 4.74 Å². The molecule has 1 aliphatic heterocycles. The van der Waals surface area contributed by atoms with Crippen molar-refractivity contribution in [2.75, 3.05) is 13.2 Å². The minimum absolute atomic E-state index is 0.134. The van der Waals surface area contributed by atoms with Gasteiger partial charge in [-0.05, 0) is 59.1 Å². The number of ether oxygens (including phenoxy) is 1. The van der Waals surface area contributed by atoms with Crippen molar-refractivity contribution in [3.05, 3.63) is 69.8 Å². The molecule has 3 nitrogen and oxygen atoms in total. The summed E-state index contributed by atoms with van der Waals surface area (Å²) in [4.78, 5) is 0. The number of nitrogens with zero attached hydrogens (tertiary/aromatic N) is 2. The maximum Gasteiger partial charge on any atom is 0.0995 e. The van der Waals surface area contributed by atoms with Gasteiger partial charge in [0.05, 0.1) is 23.3 Å².